The normalized spacial score (nSPS) is 10.7. The Labute approximate surface area is 195 Å². The van der Waals surface area contributed by atoms with E-state index < -0.39 is 0 Å². The van der Waals surface area contributed by atoms with E-state index in [4.69, 9.17) is 4.79 Å². The van der Waals surface area contributed by atoms with Crippen LogP contribution in [0.1, 0.15) is 10.4 Å². The van der Waals surface area contributed by atoms with E-state index in [2.05, 4.69) is 57.4 Å². The molecule has 0 saturated heterocycles. The van der Waals surface area contributed by atoms with Gasteiger partial charge in [0.1, 0.15) is 0 Å². The molecular formula is C28H20N4O2. The number of hydrogen-bond donors (Lipinski definition) is 2. The Balaban J connectivity index is 0.000000764. The topological polar surface area (TPSA) is 98.0 Å². The minimum atomic E-state index is -0.126. The van der Waals surface area contributed by atoms with Gasteiger partial charge in [-0.15, -0.1) is 0 Å². The summed E-state index contributed by atoms with van der Waals surface area (Å²) in [7, 11) is 0. The predicted molar refractivity (Wildman–Crippen MR) is 136 cm³/mol. The Bertz CT molecular complexity index is 1620. The zero-order valence-electron chi connectivity index (χ0n) is 18.1. The number of benzene rings is 4. The van der Waals surface area contributed by atoms with E-state index in [-0.39, 0.29) is 12.3 Å². The van der Waals surface area contributed by atoms with Gasteiger partial charge in [0.15, 0.2) is 0 Å². The summed E-state index contributed by atoms with van der Waals surface area (Å²) in [6.45, 7) is 0. The molecule has 2 aromatic heterocycles. The maximum absolute atomic E-state index is 13.1. The van der Waals surface area contributed by atoms with Gasteiger partial charge >= 0.3 is 0 Å². The number of rotatable bonds is 3. The number of pyridine rings is 2. The second kappa shape index (κ2) is 8.96. The van der Waals surface area contributed by atoms with Gasteiger partial charge in [0.2, 0.25) is 6.41 Å². The van der Waals surface area contributed by atoms with Crippen LogP contribution in [-0.4, -0.2) is 22.3 Å². The van der Waals surface area contributed by atoms with E-state index in [1.165, 1.54) is 10.8 Å². The fraction of sp³-hybridized carbons (Fsp3) is 0. The highest BCUT2D eigenvalue weighted by Gasteiger charge is 2.17. The van der Waals surface area contributed by atoms with Crippen LogP contribution in [0.2, 0.25) is 0 Å². The molecule has 6 rings (SSSR count). The zero-order chi connectivity index (χ0) is 23.5. The van der Waals surface area contributed by atoms with Crippen LogP contribution in [0, 0.1) is 0 Å². The van der Waals surface area contributed by atoms with Gasteiger partial charge in [0, 0.05) is 36.0 Å². The summed E-state index contributed by atoms with van der Waals surface area (Å²) in [6.07, 6.45) is 7.21. The molecule has 0 bridgehead atoms. The Kier molecular flexibility index (Phi) is 5.54. The number of amides is 2. The minimum Gasteiger partial charge on any atom is -0.372 e. The van der Waals surface area contributed by atoms with Crippen molar-refractivity contribution >= 4 is 50.3 Å². The minimum absolute atomic E-state index is 0.126. The van der Waals surface area contributed by atoms with Crippen molar-refractivity contribution in [1.29, 1.82) is 0 Å². The molecule has 6 heteroatoms. The molecule has 2 heterocycles. The van der Waals surface area contributed by atoms with Crippen LogP contribution in [0.4, 0.5) is 5.69 Å². The summed E-state index contributed by atoms with van der Waals surface area (Å²) in [6, 6.07) is 24.3. The molecule has 0 spiro atoms. The number of carbonyl (C=O) groups is 2. The molecule has 0 fully saturated rings. The lowest BCUT2D eigenvalue weighted by Gasteiger charge is -2.16. The summed E-state index contributed by atoms with van der Waals surface area (Å²) < 4.78 is 0. The van der Waals surface area contributed by atoms with Crippen LogP contribution in [-0.2, 0) is 4.79 Å². The number of aromatic nitrogens is 2. The number of primary amides is 1. The third kappa shape index (κ3) is 3.67. The van der Waals surface area contributed by atoms with E-state index in [0.717, 1.165) is 38.4 Å². The van der Waals surface area contributed by atoms with Gasteiger partial charge in [-0.1, -0.05) is 42.5 Å². The number of nitrogens with two attached hydrogens (primary N) is 1. The van der Waals surface area contributed by atoms with Crippen molar-refractivity contribution in [2.75, 3.05) is 5.32 Å². The van der Waals surface area contributed by atoms with Crippen molar-refractivity contribution in [3.8, 4) is 11.1 Å². The largest absolute Gasteiger partial charge is 0.372 e. The average Bonchev–Trinajstić information content (AvgIpc) is 2.88. The molecule has 2 amide bonds. The molecule has 6 aromatic rings. The highest BCUT2D eigenvalue weighted by Crippen LogP contribution is 2.40. The Morgan fingerprint density at radius 1 is 0.706 bits per heavy atom. The van der Waals surface area contributed by atoms with E-state index in [9.17, 15) is 4.79 Å². The van der Waals surface area contributed by atoms with Crippen molar-refractivity contribution < 1.29 is 9.59 Å². The van der Waals surface area contributed by atoms with E-state index >= 15 is 0 Å². The molecular weight excluding hydrogens is 424 g/mol. The van der Waals surface area contributed by atoms with Crippen LogP contribution >= 0.6 is 0 Å². The fourth-order valence-corrected chi connectivity index (χ4v) is 4.42. The first-order valence-electron chi connectivity index (χ1n) is 10.7. The maximum atomic E-state index is 13.1. The van der Waals surface area contributed by atoms with Gasteiger partial charge in [-0.3, -0.25) is 19.6 Å². The maximum Gasteiger partial charge on any atom is 0.256 e. The third-order valence-electron chi connectivity index (χ3n) is 5.84. The smallest absolute Gasteiger partial charge is 0.256 e. The van der Waals surface area contributed by atoms with Crippen LogP contribution in [0.25, 0.3) is 43.4 Å². The Hall–Kier alpha value is -4.84. The van der Waals surface area contributed by atoms with Gasteiger partial charge in [-0.05, 0) is 73.8 Å². The molecule has 0 unspecified atom stereocenters. The first-order valence-corrected chi connectivity index (χ1v) is 10.7. The lowest BCUT2D eigenvalue weighted by atomic mass is 9.88. The zero-order valence-corrected chi connectivity index (χ0v) is 18.1. The number of nitrogens with zero attached hydrogens (tertiary/aromatic N) is 2. The second-order valence-corrected chi connectivity index (χ2v) is 7.71. The highest BCUT2D eigenvalue weighted by molar-refractivity contribution is 6.29. The van der Waals surface area contributed by atoms with E-state index in [0.29, 0.717) is 5.56 Å². The number of hydrogen-bond acceptors (Lipinski definition) is 4. The van der Waals surface area contributed by atoms with Gasteiger partial charge in [0.25, 0.3) is 5.91 Å². The van der Waals surface area contributed by atoms with Gasteiger partial charge in [-0.25, -0.2) is 0 Å². The van der Waals surface area contributed by atoms with Crippen molar-refractivity contribution in [2.45, 2.75) is 0 Å². The van der Waals surface area contributed by atoms with E-state index in [1.807, 2.05) is 36.7 Å². The van der Waals surface area contributed by atoms with Gasteiger partial charge in [-0.2, -0.15) is 0 Å². The summed E-state index contributed by atoms with van der Waals surface area (Å²) >= 11 is 0. The van der Waals surface area contributed by atoms with E-state index in [1.54, 1.807) is 24.5 Å². The third-order valence-corrected chi connectivity index (χ3v) is 5.84. The van der Waals surface area contributed by atoms with Crippen LogP contribution < -0.4 is 11.1 Å². The quantitative estimate of drug-likeness (QED) is 0.282. The molecule has 0 aliphatic heterocycles. The highest BCUT2D eigenvalue weighted by atomic mass is 16.1. The number of anilines is 1. The lowest BCUT2D eigenvalue weighted by molar-refractivity contribution is -0.106. The fourth-order valence-electron chi connectivity index (χ4n) is 4.42. The standard InChI is InChI=1S/C27H17N3O.CH3NO/c31-27(30-20-11-15-29-16-12-20)24-8-4-19-2-6-22-21(17-9-13-28-14-10-17)5-1-18-3-7-23(24)26(19)25(18)22;2-1-3/h1-16H,(H,29,30,31);1H,(H2,2,3). The molecule has 4 aromatic carbocycles. The number of nitrogens with one attached hydrogen (secondary N) is 1. The Morgan fingerprint density at radius 3 is 1.91 bits per heavy atom. The summed E-state index contributed by atoms with van der Waals surface area (Å²) in [4.78, 5) is 29.9. The van der Waals surface area contributed by atoms with Crippen LogP contribution in [0.5, 0.6) is 0 Å². The summed E-state index contributed by atoms with van der Waals surface area (Å²) in [5, 5.41) is 9.70. The van der Waals surface area contributed by atoms with Gasteiger partial charge in [0.05, 0.1) is 0 Å². The molecule has 34 heavy (non-hydrogen) atoms. The summed E-state index contributed by atoms with van der Waals surface area (Å²) in [5.41, 5.74) is 7.85. The van der Waals surface area contributed by atoms with Crippen LogP contribution in [0.3, 0.4) is 0 Å². The SMILES string of the molecule is NC=O.O=C(Nc1ccncc1)c1ccc2ccc3c(-c4ccncc4)ccc4ccc1c2c43. The van der Waals surface area contributed by atoms with Crippen LogP contribution in [0.15, 0.2) is 97.6 Å². The monoisotopic (exact) mass is 444 g/mol. The Morgan fingerprint density at radius 2 is 1.24 bits per heavy atom. The molecule has 0 aliphatic carbocycles. The van der Waals surface area contributed by atoms with Crippen molar-refractivity contribution in [3.63, 3.8) is 0 Å². The van der Waals surface area contributed by atoms with Crippen molar-refractivity contribution in [2.24, 2.45) is 5.73 Å². The van der Waals surface area contributed by atoms with Crippen molar-refractivity contribution in [3.05, 3.63) is 103 Å². The number of carbonyl (C=O) groups excluding carboxylic acids is 2. The van der Waals surface area contributed by atoms with Crippen molar-refractivity contribution in [1.82, 2.24) is 9.97 Å². The molecule has 164 valence electrons. The predicted octanol–water partition coefficient (Wildman–Crippen LogP) is 5.39. The average molecular weight is 444 g/mol. The molecule has 0 atom stereocenters. The molecule has 0 saturated carbocycles. The summed E-state index contributed by atoms with van der Waals surface area (Å²) in [5.74, 6) is -0.126. The second-order valence-electron chi connectivity index (χ2n) is 7.71. The first kappa shape index (κ1) is 21.0. The first-order chi connectivity index (χ1) is 16.7. The molecule has 3 N–H and O–H groups in total. The molecule has 0 radical (unpaired) electrons. The van der Waals surface area contributed by atoms with Gasteiger partial charge < -0.3 is 11.1 Å². The molecule has 6 nitrogen and oxygen atoms in total. The lowest BCUT2D eigenvalue weighted by Crippen LogP contribution is -2.12. The molecule has 0 aliphatic rings.